The van der Waals surface area contributed by atoms with Crippen molar-refractivity contribution in [1.82, 2.24) is 0 Å². The van der Waals surface area contributed by atoms with E-state index in [1.165, 1.54) is 0 Å². The van der Waals surface area contributed by atoms with Gasteiger partial charge in [0.1, 0.15) is 73.2 Å². The first kappa shape index (κ1) is 41.0. The highest BCUT2D eigenvalue weighted by Gasteiger charge is 2.58. The highest BCUT2D eigenvalue weighted by Crippen LogP contribution is 2.35. The van der Waals surface area contributed by atoms with E-state index in [1.54, 1.807) is 0 Å². The smallest absolute Gasteiger partial charge is 0.335 e. The summed E-state index contributed by atoms with van der Waals surface area (Å²) in [5.74, 6) is -7.32. The molecule has 0 bridgehead atoms. The molecule has 292 valence electrons. The Morgan fingerprint density at radius 1 is 0.373 bits per heavy atom. The number of aliphatic hydroxyl groups excluding tert-OH is 8. The molecule has 4 aliphatic rings. The predicted octanol–water partition coefficient (Wildman–Crippen LogP) is -8.07. The quantitative estimate of drug-likeness (QED) is 0.0881. The minimum Gasteiger partial charge on any atom is -0.479 e. The number of carboxylic acid groups (broad SMARTS) is 4. The monoisotopic (exact) mass is 750 g/mol. The first-order chi connectivity index (χ1) is 23.9. The van der Waals surface area contributed by atoms with Gasteiger partial charge in [-0.05, 0) is 0 Å². The molecule has 4 rings (SSSR count). The van der Waals surface area contributed by atoms with Gasteiger partial charge in [-0.3, -0.25) is 0 Å². The van der Waals surface area contributed by atoms with Gasteiger partial charge in [0.2, 0.25) is 0 Å². The van der Waals surface area contributed by atoms with Crippen molar-refractivity contribution >= 4 is 23.9 Å². The van der Waals surface area contributed by atoms with Crippen LogP contribution in [0.1, 0.15) is 0 Å². The molecule has 0 saturated carbocycles. The number of methoxy groups -OCH3 is 2. The Morgan fingerprint density at radius 3 is 0.863 bits per heavy atom. The molecule has 0 aliphatic carbocycles. The van der Waals surface area contributed by atoms with Crippen LogP contribution in [0.2, 0.25) is 0 Å². The van der Waals surface area contributed by atoms with Crippen molar-refractivity contribution in [2.45, 2.75) is 123 Å². The molecular weight excluding hydrogens is 712 g/mol. The minimum atomic E-state index is -2.40. The second-order valence-electron chi connectivity index (χ2n) is 11.7. The molecule has 0 unspecified atom stereocenters. The fraction of sp³-hybridized carbons (Fsp3) is 0.846. The molecule has 4 fully saturated rings. The van der Waals surface area contributed by atoms with Crippen molar-refractivity contribution in [1.29, 1.82) is 0 Å². The average Bonchev–Trinajstić information content (AvgIpc) is 3.07. The molecule has 0 aromatic rings. The Morgan fingerprint density at radius 2 is 0.608 bits per heavy atom. The predicted molar refractivity (Wildman–Crippen MR) is 146 cm³/mol. The van der Waals surface area contributed by atoms with Gasteiger partial charge in [0.15, 0.2) is 49.6 Å². The van der Waals surface area contributed by atoms with E-state index in [0.29, 0.717) is 0 Å². The minimum absolute atomic E-state index is 1.000. The van der Waals surface area contributed by atoms with E-state index < -0.39 is 147 Å². The van der Waals surface area contributed by atoms with Crippen LogP contribution in [0, 0.1) is 0 Å². The molecule has 0 radical (unpaired) electrons. The molecule has 25 nitrogen and oxygen atoms in total. The third kappa shape index (κ3) is 8.09. The lowest BCUT2D eigenvalue weighted by atomic mass is 9.95. The Balaban J connectivity index is 1.51. The van der Waals surface area contributed by atoms with Gasteiger partial charge in [-0.25, -0.2) is 19.2 Å². The Labute approximate surface area is 284 Å². The Kier molecular flexibility index (Phi) is 13.2. The summed E-state index contributed by atoms with van der Waals surface area (Å²) < 4.78 is 46.0. The molecule has 20 atom stereocenters. The van der Waals surface area contributed by atoms with Gasteiger partial charge in [0, 0.05) is 14.2 Å². The van der Waals surface area contributed by atoms with E-state index in [2.05, 4.69) is 0 Å². The molecule has 0 aromatic carbocycles. The summed E-state index contributed by atoms with van der Waals surface area (Å²) in [6, 6.07) is 0. The third-order valence-electron chi connectivity index (χ3n) is 8.53. The van der Waals surface area contributed by atoms with Crippen LogP contribution in [-0.4, -0.2) is 222 Å². The van der Waals surface area contributed by atoms with Crippen LogP contribution < -0.4 is 0 Å². The van der Waals surface area contributed by atoms with Gasteiger partial charge >= 0.3 is 23.9 Å². The van der Waals surface area contributed by atoms with Crippen LogP contribution >= 0.6 is 0 Å². The number of aliphatic carboxylic acids is 4. The second kappa shape index (κ2) is 16.5. The molecule has 4 heterocycles. The molecular formula is C26H38O25. The first-order valence-electron chi connectivity index (χ1n) is 14.9. The van der Waals surface area contributed by atoms with Crippen molar-refractivity contribution in [3.05, 3.63) is 0 Å². The molecule has 0 amide bonds. The van der Waals surface area contributed by atoms with E-state index in [4.69, 9.17) is 42.6 Å². The van der Waals surface area contributed by atoms with Crippen LogP contribution in [0.25, 0.3) is 0 Å². The molecule has 4 aliphatic heterocycles. The maximum atomic E-state index is 12.2. The number of carboxylic acids is 4. The number of hydrogen-bond donors (Lipinski definition) is 12. The molecule has 0 aromatic heterocycles. The van der Waals surface area contributed by atoms with E-state index in [1.807, 2.05) is 0 Å². The van der Waals surface area contributed by atoms with Gasteiger partial charge in [-0.15, -0.1) is 0 Å². The molecule has 12 N–H and O–H groups in total. The molecule has 25 heteroatoms. The summed E-state index contributed by atoms with van der Waals surface area (Å²) in [7, 11) is 2.02. The maximum absolute atomic E-state index is 12.2. The fourth-order valence-corrected chi connectivity index (χ4v) is 5.86. The van der Waals surface area contributed by atoms with E-state index in [0.717, 1.165) is 14.2 Å². The van der Waals surface area contributed by atoms with Crippen LogP contribution in [0.4, 0.5) is 0 Å². The summed E-state index contributed by atoms with van der Waals surface area (Å²) in [6.07, 6.45) is -43.0. The first-order valence-corrected chi connectivity index (χ1v) is 14.9. The van der Waals surface area contributed by atoms with Gasteiger partial charge in [-0.1, -0.05) is 0 Å². The third-order valence-corrected chi connectivity index (χ3v) is 8.53. The van der Waals surface area contributed by atoms with Crippen LogP contribution in [0.15, 0.2) is 0 Å². The number of hydrogen-bond acceptors (Lipinski definition) is 21. The van der Waals surface area contributed by atoms with Gasteiger partial charge in [0.05, 0.1) is 0 Å². The lowest BCUT2D eigenvalue weighted by Gasteiger charge is -2.48. The van der Waals surface area contributed by atoms with Crippen molar-refractivity contribution in [2.24, 2.45) is 0 Å². The van der Waals surface area contributed by atoms with Crippen LogP contribution in [-0.2, 0) is 61.8 Å². The van der Waals surface area contributed by atoms with Crippen LogP contribution in [0.5, 0.6) is 0 Å². The standard InChI is InChI=1S/C26H38O25/c1-43-11-3(27)8(32)24(49-15(11)19(35)36)46-13-5(29)10(34)26(51-17(13)21(39)40)47-14-6(30)9(33)25(50-18(14)22(41)42)45-12-4(28)7(31)23(44-2)48-16(12)20(37)38/h3-18,23-34H,1-2H3,(H,35,36)(H,37,38)(H,39,40)(H,41,42)/t3-,4-,5-,6-,7-,8-,9-,10-,11-,12-,13-,14-,15+,16+,17+,18+,23+,24+,25+,26+/m1/s1. The van der Waals surface area contributed by atoms with E-state index in [-0.39, 0.29) is 0 Å². The van der Waals surface area contributed by atoms with Crippen molar-refractivity contribution < 1.29 is 123 Å². The fourth-order valence-electron chi connectivity index (χ4n) is 5.86. The van der Waals surface area contributed by atoms with Gasteiger partial charge in [-0.2, -0.15) is 0 Å². The normalized spacial score (nSPS) is 47.7. The largest absolute Gasteiger partial charge is 0.479 e. The second-order valence-corrected chi connectivity index (χ2v) is 11.7. The summed E-state index contributed by atoms with van der Waals surface area (Å²) in [5.41, 5.74) is 0. The zero-order chi connectivity index (χ0) is 38.2. The lowest BCUT2D eigenvalue weighted by molar-refractivity contribution is -0.378. The Hall–Kier alpha value is -2.80. The van der Waals surface area contributed by atoms with Crippen molar-refractivity contribution in [2.75, 3.05) is 14.2 Å². The number of carbonyl (C=O) groups is 4. The van der Waals surface area contributed by atoms with Gasteiger partial charge < -0.3 is 104 Å². The summed E-state index contributed by atoms with van der Waals surface area (Å²) >= 11 is 0. The van der Waals surface area contributed by atoms with E-state index in [9.17, 15) is 80.5 Å². The number of rotatable bonds is 12. The highest BCUT2D eigenvalue weighted by atomic mass is 16.8. The molecule has 51 heavy (non-hydrogen) atoms. The number of ether oxygens (including phenoxy) is 9. The summed E-state index contributed by atoms with van der Waals surface area (Å²) in [5, 5.41) is 123. The highest BCUT2D eigenvalue weighted by molar-refractivity contribution is 5.75. The van der Waals surface area contributed by atoms with Crippen molar-refractivity contribution in [3.8, 4) is 0 Å². The molecule has 4 saturated heterocycles. The maximum Gasteiger partial charge on any atom is 0.335 e. The van der Waals surface area contributed by atoms with Gasteiger partial charge in [0.25, 0.3) is 0 Å². The molecule has 0 spiro atoms. The average molecular weight is 751 g/mol. The number of aliphatic hydroxyl groups is 8. The summed E-state index contributed by atoms with van der Waals surface area (Å²) in [4.78, 5) is 47.8. The summed E-state index contributed by atoms with van der Waals surface area (Å²) in [6.45, 7) is 0. The SMILES string of the molecule is CO[C@H]1O[C@H](C(=O)O)[C@H](O[C@H]2O[C@H](C(=O)O)[C@H](O[C@H]3O[C@H](C(=O)O)[C@H](O[C@H]4O[C@H](C(=O)O)[C@H](OC)[C@H](O)[C@H]4O)[C@H](O)[C@H]3O)[C@H](O)[C@H]2O)[C@H](O)[C@H]1O. The lowest BCUT2D eigenvalue weighted by Crippen LogP contribution is -2.68. The zero-order valence-corrected chi connectivity index (χ0v) is 26.2. The van der Waals surface area contributed by atoms with E-state index >= 15 is 0 Å². The zero-order valence-electron chi connectivity index (χ0n) is 26.2. The Bertz CT molecular complexity index is 1250. The van der Waals surface area contributed by atoms with Crippen LogP contribution in [0.3, 0.4) is 0 Å². The van der Waals surface area contributed by atoms with Crippen molar-refractivity contribution in [3.63, 3.8) is 0 Å². The topological polar surface area (TPSA) is 394 Å².